The van der Waals surface area contributed by atoms with Crippen LogP contribution in [-0.2, 0) is 9.53 Å². The maximum Gasteiger partial charge on any atom is 0.133 e. The average molecular weight is 313 g/mol. The number of ether oxygens (including phenoxy) is 1. The predicted molar refractivity (Wildman–Crippen MR) is 88.0 cm³/mol. The molecule has 1 saturated heterocycles. The van der Waals surface area contributed by atoms with Crippen molar-refractivity contribution in [2.75, 3.05) is 12.4 Å². The summed E-state index contributed by atoms with van der Waals surface area (Å²) in [4.78, 5) is 11.9. The summed E-state index contributed by atoms with van der Waals surface area (Å²) in [6.45, 7) is 3.83. The molecule has 0 aromatic heterocycles. The molecular formula is C16H27NO3S. The Bertz CT molecular complexity index is 371. The number of aliphatic hydroxyl groups excluding tert-OH is 1. The van der Waals surface area contributed by atoms with Crippen LogP contribution < -0.4 is 0 Å². The predicted octanol–water partition coefficient (Wildman–Crippen LogP) is 3.19. The van der Waals surface area contributed by atoms with Crippen LogP contribution in [0.1, 0.15) is 46.0 Å². The maximum absolute atomic E-state index is 11.9. The molecule has 1 heterocycles. The third-order valence-electron chi connectivity index (χ3n) is 3.50. The molecule has 0 aliphatic carbocycles. The Morgan fingerprint density at radius 2 is 2.29 bits per heavy atom. The van der Waals surface area contributed by atoms with Crippen LogP contribution in [0.15, 0.2) is 12.2 Å². The van der Waals surface area contributed by atoms with Gasteiger partial charge >= 0.3 is 0 Å². The molecule has 0 radical (unpaired) electrons. The Hall–Kier alpha value is -0.650. The zero-order valence-electron chi connectivity index (χ0n) is 13.0. The van der Waals surface area contributed by atoms with Gasteiger partial charge in [-0.2, -0.15) is 0 Å². The molecule has 0 amide bonds. The molecule has 0 saturated carbocycles. The molecule has 0 spiro atoms. The van der Waals surface area contributed by atoms with Gasteiger partial charge in [-0.3, -0.25) is 4.79 Å². The highest BCUT2D eigenvalue weighted by Crippen LogP contribution is 2.32. The van der Waals surface area contributed by atoms with Crippen molar-refractivity contribution >= 4 is 23.3 Å². The van der Waals surface area contributed by atoms with E-state index in [1.165, 1.54) is 0 Å². The van der Waals surface area contributed by atoms with E-state index in [1.807, 2.05) is 13.0 Å². The van der Waals surface area contributed by atoms with Crippen LogP contribution in [0.25, 0.3) is 0 Å². The number of Topliss-reactive ketones (excluding diaryl/α,β-unsaturated/α-hetero) is 1. The molecule has 0 aromatic rings. The first-order valence-corrected chi connectivity index (χ1v) is 8.70. The number of hydrogen-bond donors (Lipinski definition) is 2. The molecule has 120 valence electrons. The molecule has 3 unspecified atom stereocenters. The molecular weight excluding hydrogens is 286 g/mol. The van der Waals surface area contributed by atoms with Crippen LogP contribution in [0.2, 0.25) is 0 Å². The molecule has 0 aromatic carbocycles. The van der Waals surface area contributed by atoms with Gasteiger partial charge in [-0.25, -0.2) is 0 Å². The van der Waals surface area contributed by atoms with E-state index in [9.17, 15) is 4.79 Å². The SMILES string of the molecule is CCCC(=O)CC(C/C=C/CC(C)=N)C1CSC(CO)O1. The van der Waals surface area contributed by atoms with Crippen molar-refractivity contribution in [3.63, 3.8) is 0 Å². The summed E-state index contributed by atoms with van der Waals surface area (Å²) < 4.78 is 5.81. The summed E-state index contributed by atoms with van der Waals surface area (Å²) >= 11 is 1.62. The Kier molecular flexibility index (Phi) is 8.88. The van der Waals surface area contributed by atoms with Crippen LogP contribution in [0, 0.1) is 11.3 Å². The van der Waals surface area contributed by atoms with Crippen LogP contribution in [0.5, 0.6) is 0 Å². The molecule has 0 bridgehead atoms. The standard InChI is InChI=1S/C16H27NO3S/c1-3-6-14(19)9-13(8-5-4-7-12(2)17)15-11-21-16(10-18)20-15/h4-5,13,15-18H,3,6-11H2,1-2H3/b5-4+,17-12?. The smallest absolute Gasteiger partial charge is 0.133 e. The minimum absolute atomic E-state index is 0.0274. The van der Waals surface area contributed by atoms with Gasteiger partial charge in [0.1, 0.15) is 11.2 Å². The number of hydrogen-bond acceptors (Lipinski definition) is 5. The minimum Gasteiger partial charge on any atom is -0.393 e. The summed E-state index contributed by atoms with van der Waals surface area (Å²) in [6, 6.07) is 0. The van der Waals surface area contributed by atoms with Gasteiger partial charge in [0, 0.05) is 30.7 Å². The largest absolute Gasteiger partial charge is 0.393 e. The quantitative estimate of drug-likeness (QED) is 0.480. The average Bonchev–Trinajstić information content (AvgIpc) is 2.91. The summed E-state index contributed by atoms with van der Waals surface area (Å²) in [7, 11) is 0. The first kappa shape index (κ1) is 18.4. The highest BCUT2D eigenvalue weighted by atomic mass is 32.2. The van der Waals surface area contributed by atoms with Gasteiger partial charge in [-0.15, -0.1) is 11.8 Å². The van der Waals surface area contributed by atoms with Crippen LogP contribution >= 0.6 is 11.8 Å². The molecule has 5 heteroatoms. The molecule has 1 aliphatic heterocycles. The molecule has 1 aliphatic rings. The van der Waals surface area contributed by atoms with Gasteiger partial charge < -0.3 is 15.3 Å². The maximum atomic E-state index is 11.9. The molecule has 1 rings (SSSR count). The molecule has 3 atom stereocenters. The Labute approximate surface area is 131 Å². The second-order valence-electron chi connectivity index (χ2n) is 5.56. The lowest BCUT2D eigenvalue weighted by atomic mass is 9.92. The Morgan fingerprint density at radius 1 is 1.52 bits per heavy atom. The van der Waals surface area contributed by atoms with Crippen molar-refractivity contribution in [1.29, 1.82) is 5.41 Å². The Balaban J connectivity index is 2.55. The fourth-order valence-corrected chi connectivity index (χ4v) is 3.47. The van der Waals surface area contributed by atoms with Gasteiger partial charge in [0.05, 0.1) is 12.7 Å². The van der Waals surface area contributed by atoms with Crippen LogP contribution in [-0.4, -0.2) is 40.5 Å². The van der Waals surface area contributed by atoms with Crippen LogP contribution in [0.3, 0.4) is 0 Å². The Morgan fingerprint density at radius 3 is 2.86 bits per heavy atom. The van der Waals surface area contributed by atoms with Crippen molar-refractivity contribution in [3.8, 4) is 0 Å². The van der Waals surface area contributed by atoms with E-state index in [1.54, 1.807) is 18.7 Å². The minimum atomic E-state index is -0.147. The normalized spacial score (nSPS) is 23.6. The van der Waals surface area contributed by atoms with E-state index < -0.39 is 0 Å². The number of nitrogens with one attached hydrogen (secondary N) is 1. The van der Waals surface area contributed by atoms with E-state index in [4.69, 9.17) is 15.3 Å². The van der Waals surface area contributed by atoms with Gasteiger partial charge in [-0.05, 0) is 25.7 Å². The van der Waals surface area contributed by atoms with Crippen molar-refractivity contribution in [2.45, 2.75) is 57.5 Å². The second kappa shape index (κ2) is 10.1. The summed E-state index contributed by atoms with van der Waals surface area (Å²) in [5.41, 5.74) is 0.490. The molecule has 2 N–H and O–H groups in total. The van der Waals surface area contributed by atoms with E-state index in [0.29, 0.717) is 30.8 Å². The van der Waals surface area contributed by atoms with E-state index in [0.717, 1.165) is 18.6 Å². The number of thioether (sulfide) groups is 1. The summed E-state index contributed by atoms with van der Waals surface area (Å²) in [6.07, 6.45) is 7.61. The van der Waals surface area contributed by atoms with Gasteiger partial charge in [0.25, 0.3) is 0 Å². The first-order valence-electron chi connectivity index (χ1n) is 7.65. The zero-order chi connectivity index (χ0) is 15.7. The third-order valence-corrected chi connectivity index (χ3v) is 4.65. The number of carbonyl (C=O) groups excluding carboxylic acids is 1. The van der Waals surface area contributed by atoms with Crippen molar-refractivity contribution < 1.29 is 14.6 Å². The summed E-state index contributed by atoms with van der Waals surface area (Å²) in [5, 5.41) is 16.6. The van der Waals surface area contributed by atoms with Crippen molar-refractivity contribution in [3.05, 3.63) is 12.2 Å². The fraction of sp³-hybridized carbons (Fsp3) is 0.750. The second-order valence-corrected chi connectivity index (χ2v) is 6.76. The van der Waals surface area contributed by atoms with Gasteiger partial charge in [-0.1, -0.05) is 19.1 Å². The lowest BCUT2D eigenvalue weighted by Gasteiger charge is -2.21. The lowest BCUT2D eigenvalue weighted by molar-refractivity contribution is -0.121. The molecule has 4 nitrogen and oxygen atoms in total. The number of aliphatic hydroxyl groups is 1. The highest BCUT2D eigenvalue weighted by molar-refractivity contribution is 8.00. The van der Waals surface area contributed by atoms with Gasteiger partial charge in [0.2, 0.25) is 0 Å². The lowest BCUT2D eigenvalue weighted by Crippen LogP contribution is -2.26. The topological polar surface area (TPSA) is 70.4 Å². The highest BCUT2D eigenvalue weighted by Gasteiger charge is 2.32. The molecule has 21 heavy (non-hydrogen) atoms. The first-order chi connectivity index (χ1) is 10.1. The van der Waals surface area contributed by atoms with E-state index >= 15 is 0 Å². The van der Waals surface area contributed by atoms with Crippen molar-refractivity contribution in [1.82, 2.24) is 0 Å². The molecule has 1 fully saturated rings. The van der Waals surface area contributed by atoms with E-state index in [2.05, 4.69) is 6.08 Å². The number of ketones is 1. The number of carbonyl (C=O) groups is 1. The zero-order valence-corrected chi connectivity index (χ0v) is 13.8. The monoisotopic (exact) mass is 313 g/mol. The van der Waals surface area contributed by atoms with Gasteiger partial charge in [0.15, 0.2) is 0 Å². The van der Waals surface area contributed by atoms with Crippen LogP contribution in [0.4, 0.5) is 0 Å². The summed E-state index contributed by atoms with van der Waals surface area (Å²) in [5.74, 6) is 1.31. The third kappa shape index (κ3) is 7.25. The number of allylic oxidation sites excluding steroid dienone is 2. The fourth-order valence-electron chi connectivity index (χ4n) is 2.39. The van der Waals surface area contributed by atoms with E-state index in [-0.39, 0.29) is 24.1 Å². The number of rotatable bonds is 10. The van der Waals surface area contributed by atoms with Crippen molar-refractivity contribution in [2.24, 2.45) is 5.92 Å².